The van der Waals surface area contributed by atoms with Crippen LogP contribution in [-0.2, 0) is 16.5 Å². The van der Waals surface area contributed by atoms with Crippen molar-refractivity contribution in [3.8, 4) is 11.5 Å². The topological polar surface area (TPSA) is 94.9 Å². The number of benzene rings is 2. The average molecular weight is 381 g/mol. The van der Waals surface area contributed by atoms with Crippen LogP contribution in [0.1, 0.15) is 11.1 Å². The largest absolute Gasteiger partial charge is 2.00 e. The zero-order valence-corrected chi connectivity index (χ0v) is 14.5. The normalized spacial score (nSPS) is 14.9. The predicted molar refractivity (Wildman–Crippen MR) is 90.6 cm³/mol. The number of nitrogens with one attached hydrogen (secondary N) is 2. The van der Waals surface area contributed by atoms with E-state index in [1.807, 2.05) is 12.1 Å². The Morgan fingerprint density at radius 3 is 1.40 bits per heavy atom. The molecule has 0 spiro atoms. The Labute approximate surface area is 156 Å². The fourth-order valence-electron chi connectivity index (χ4n) is 2.48. The molecule has 0 radical (unpaired) electrons. The molecule has 2 aromatic rings. The van der Waals surface area contributed by atoms with Crippen molar-refractivity contribution in [3.05, 3.63) is 59.7 Å². The van der Waals surface area contributed by atoms with Crippen LogP contribution in [0.3, 0.4) is 0 Å². The zero-order chi connectivity index (χ0) is 16.8. The van der Waals surface area contributed by atoms with Crippen molar-refractivity contribution in [1.29, 1.82) is 0 Å². The maximum absolute atomic E-state index is 11.3. The first-order valence-electron chi connectivity index (χ1n) is 7.85. The van der Waals surface area contributed by atoms with Crippen molar-refractivity contribution in [2.75, 3.05) is 26.2 Å². The number of hydrogen-bond acceptors (Lipinski definition) is 6. The Morgan fingerprint density at radius 2 is 1.08 bits per heavy atom. The van der Waals surface area contributed by atoms with E-state index in [-0.39, 0.29) is 28.0 Å². The van der Waals surface area contributed by atoms with Gasteiger partial charge in [0.25, 0.3) is 0 Å². The first kappa shape index (κ1) is 18.8. The minimum Gasteiger partial charge on any atom is -0.872 e. The van der Waals surface area contributed by atoms with Crippen LogP contribution in [-0.4, -0.2) is 37.9 Å². The summed E-state index contributed by atoms with van der Waals surface area (Å²) in [5, 5.41) is 28.7. The number of amidine groups is 2. The van der Waals surface area contributed by atoms with Gasteiger partial charge in [-0.2, -0.15) is 0 Å². The first-order chi connectivity index (χ1) is 11.8. The van der Waals surface area contributed by atoms with Gasteiger partial charge in [0.15, 0.2) is 0 Å². The van der Waals surface area contributed by atoms with Crippen molar-refractivity contribution in [2.45, 2.75) is 0 Å². The molecule has 25 heavy (non-hydrogen) atoms. The smallest absolute Gasteiger partial charge is 0.872 e. The maximum atomic E-state index is 11.3. The summed E-state index contributed by atoms with van der Waals surface area (Å²) in [6, 6.07) is 13.9. The molecule has 132 valence electrons. The van der Waals surface area contributed by atoms with Crippen LogP contribution in [0.5, 0.6) is 11.5 Å². The zero-order valence-electron chi connectivity index (χ0n) is 13.5. The minimum atomic E-state index is 0. The van der Waals surface area contributed by atoms with E-state index < -0.39 is 0 Å². The summed E-state index contributed by atoms with van der Waals surface area (Å²) in [5.41, 5.74) is 1.35. The summed E-state index contributed by atoms with van der Waals surface area (Å²) in [6.07, 6.45) is 0. The van der Waals surface area contributed by atoms with E-state index in [4.69, 9.17) is 0 Å². The van der Waals surface area contributed by atoms with Gasteiger partial charge in [-0.1, -0.05) is 60.0 Å². The number of nitrogens with zero attached hydrogens (tertiary/aromatic N) is 2. The van der Waals surface area contributed by atoms with Crippen molar-refractivity contribution in [2.24, 2.45) is 9.98 Å². The summed E-state index contributed by atoms with van der Waals surface area (Å²) < 4.78 is 0. The second-order valence-electron chi connectivity index (χ2n) is 5.31. The molecule has 0 fully saturated rings. The second-order valence-corrected chi connectivity index (χ2v) is 5.31. The van der Waals surface area contributed by atoms with E-state index in [2.05, 4.69) is 20.6 Å². The molecule has 0 aliphatic carbocycles. The molecular formula is C18H18N4NiO2. The fourth-order valence-corrected chi connectivity index (χ4v) is 2.48. The van der Waals surface area contributed by atoms with E-state index in [0.717, 1.165) is 37.9 Å². The number of aliphatic imine (C=N–C) groups is 2. The van der Waals surface area contributed by atoms with Crippen LogP contribution in [0.4, 0.5) is 0 Å². The van der Waals surface area contributed by atoms with E-state index in [1.165, 1.54) is 0 Å². The molecule has 4 rings (SSSR count). The predicted octanol–water partition coefficient (Wildman–Crippen LogP) is 0.217. The monoisotopic (exact) mass is 380 g/mol. The van der Waals surface area contributed by atoms with E-state index in [1.54, 1.807) is 36.4 Å². The summed E-state index contributed by atoms with van der Waals surface area (Å²) in [4.78, 5) is 8.34. The third-order valence-electron chi connectivity index (χ3n) is 3.63. The van der Waals surface area contributed by atoms with Crippen LogP contribution >= 0.6 is 0 Å². The van der Waals surface area contributed by atoms with Gasteiger partial charge in [0, 0.05) is 24.2 Å². The molecule has 0 bridgehead atoms. The molecule has 6 nitrogen and oxygen atoms in total. The van der Waals surface area contributed by atoms with Gasteiger partial charge in [-0.15, -0.1) is 0 Å². The molecule has 0 atom stereocenters. The van der Waals surface area contributed by atoms with Gasteiger partial charge in [-0.05, 0) is 0 Å². The Bertz CT molecular complexity index is 712. The number of rotatable bonds is 2. The van der Waals surface area contributed by atoms with Gasteiger partial charge in [0.05, 0.1) is 13.1 Å². The minimum absolute atomic E-state index is 0. The number of para-hydroxylation sites is 2. The van der Waals surface area contributed by atoms with Crippen LogP contribution < -0.4 is 20.8 Å². The van der Waals surface area contributed by atoms with Crippen molar-refractivity contribution >= 4 is 11.7 Å². The van der Waals surface area contributed by atoms with Crippen LogP contribution in [0.25, 0.3) is 0 Å². The van der Waals surface area contributed by atoms with Gasteiger partial charge < -0.3 is 20.8 Å². The molecule has 0 amide bonds. The van der Waals surface area contributed by atoms with Crippen molar-refractivity contribution in [3.63, 3.8) is 0 Å². The molecule has 0 unspecified atom stereocenters. The summed E-state index contributed by atoms with van der Waals surface area (Å²) in [7, 11) is 0. The van der Waals surface area contributed by atoms with E-state index in [0.29, 0.717) is 11.1 Å². The molecular weight excluding hydrogens is 363 g/mol. The van der Waals surface area contributed by atoms with Gasteiger partial charge >= 0.3 is 16.5 Å². The summed E-state index contributed by atoms with van der Waals surface area (Å²) in [6.45, 7) is 3.21. The van der Waals surface area contributed by atoms with Gasteiger partial charge in [0.1, 0.15) is 11.7 Å². The molecule has 2 aromatic carbocycles. The summed E-state index contributed by atoms with van der Waals surface area (Å²) in [5.74, 6) is 1.54. The Kier molecular flexibility index (Phi) is 6.84. The first-order valence-corrected chi connectivity index (χ1v) is 7.85. The van der Waals surface area contributed by atoms with Crippen molar-refractivity contribution in [1.82, 2.24) is 10.6 Å². The molecule has 2 aliphatic heterocycles. The molecule has 2 heterocycles. The third-order valence-corrected chi connectivity index (χ3v) is 3.63. The summed E-state index contributed by atoms with van der Waals surface area (Å²) >= 11 is 0. The number of hydrogen-bond donors (Lipinski definition) is 2. The Hall–Kier alpha value is -2.53. The maximum Gasteiger partial charge on any atom is 2.00 e. The molecule has 0 aromatic heterocycles. The van der Waals surface area contributed by atoms with Crippen molar-refractivity contribution < 1.29 is 26.7 Å². The van der Waals surface area contributed by atoms with Gasteiger partial charge in [-0.3, -0.25) is 9.98 Å². The van der Waals surface area contributed by atoms with E-state index >= 15 is 0 Å². The Morgan fingerprint density at radius 1 is 0.680 bits per heavy atom. The van der Waals surface area contributed by atoms with Gasteiger partial charge in [0.2, 0.25) is 0 Å². The van der Waals surface area contributed by atoms with Gasteiger partial charge in [-0.25, -0.2) is 0 Å². The fraction of sp³-hybridized carbons (Fsp3) is 0.222. The van der Waals surface area contributed by atoms with Crippen LogP contribution in [0.2, 0.25) is 0 Å². The quantitative estimate of drug-likeness (QED) is 0.728. The third kappa shape index (κ3) is 4.73. The second kappa shape index (κ2) is 9.09. The molecule has 0 saturated heterocycles. The van der Waals surface area contributed by atoms with Crippen LogP contribution in [0, 0.1) is 0 Å². The molecule has 7 heteroatoms. The van der Waals surface area contributed by atoms with Crippen LogP contribution in [0.15, 0.2) is 58.5 Å². The van der Waals surface area contributed by atoms with E-state index in [9.17, 15) is 10.2 Å². The Balaban J connectivity index is 0.000000173. The molecule has 0 saturated carbocycles. The standard InChI is InChI=1S/2C9H10N2O.Ni/c2*12-8-4-2-1-3-7(8)9-10-5-6-11-9;/h2*1-4,12H,5-6H2,(H,10,11);/q;;+2/p-2. The SMILES string of the molecule is [Ni+2].[O-]c1ccccc1C1=NCCN1.[O-]c1ccccc1C1=NCCN1. The molecule has 2 aliphatic rings. The average Bonchev–Trinajstić information content (AvgIpc) is 3.30. The molecule has 2 N–H and O–H groups in total.